The van der Waals surface area contributed by atoms with Crippen molar-refractivity contribution in [2.45, 2.75) is 18.9 Å². The van der Waals surface area contributed by atoms with Crippen LogP contribution in [0.5, 0.6) is 11.5 Å². The van der Waals surface area contributed by atoms with Crippen LogP contribution >= 0.6 is 11.3 Å². The quantitative estimate of drug-likeness (QED) is 0.646. The Kier molecular flexibility index (Phi) is 6.13. The Morgan fingerprint density at radius 2 is 2.00 bits per heavy atom. The lowest BCUT2D eigenvalue weighted by Crippen LogP contribution is -2.31. The van der Waals surface area contributed by atoms with E-state index in [1.54, 1.807) is 37.8 Å². The van der Waals surface area contributed by atoms with E-state index < -0.39 is 6.04 Å². The topological polar surface area (TPSA) is 65.4 Å². The zero-order valence-electron chi connectivity index (χ0n) is 15.6. The Labute approximate surface area is 162 Å². The van der Waals surface area contributed by atoms with Gasteiger partial charge in [0.15, 0.2) is 0 Å². The molecule has 27 heavy (non-hydrogen) atoms. The van der Waals surface area contributed by atoms with Crippen molar-refractivity contribution in [3.8, 4) is 11.5 Å². The van der Waals surface area contributed by atoms with E-state index in [1.165, 1.54) is 4.88 Å². The van der Waals surface area contributed by atoms with Crippen LogP contribution in [0.1, 0.15) is 28.7 Å². The molecule has 0 radical (unpaired) electrons. The van der Waals surface area contributed by atoms with Crippen molar-refractivity contribution in [1.29, 1.82) is 0 Å². The maximum absolute atomic E-state index is 12.6. The highest BCUT2D eigenvalue weighted by Gasteiger charge is 2.22. The second-order valence-electron chi connectivity index (χ2n) is 6.12. The summed E-state index contributed by atoms with van der Waals surface area (Å²) in [5.74, 6) is 2.04. The summed E-state index contributed by atoms with van der Waals surface area (Å²) < 4.78 is 12.7. The summed E-state index contributed by atoms with van der Waals surface area (Å²) in [5.41, 5.74) is 0.852. The highest BCUT2D eigenvalue weighted by atomic mass is 32.1. The average Bonchev–Trinajstić information content (AvgIpc) is 3.35. The first-order valence-corrected chi connectivity index (χ1v) is 9.50. The van der Waals surface area contributed by atoms with Gasteiger partial charge in [-0.3, -0.25) is 4.79 Å². The number of aryl methyl sites for hydroxylation is 2. The monoisotopic (exact) mass is 385 g/mol. The summed E-state index contributed by atoms with van der Waals surface area (Å²) >= 11 is 1.66. The zero-order chi connectivity index (χ0) is 19.2. The SMILES string of the molecule is COc1cc(OC)cc(C(NC(=O)CCc2cccs2)c2nccn2C)c1. The van der Waals surface area contributed by atoms with Crippen molar-refractivity contribution in [2.24, 2.45) is 7.05 Å². The number of thiophene rings is 1. The highest BCUT2D eigenvalue weighted by Crippen LogP contribution is 2.29. The molecule has 0 saturated heterocycles. The third-order valence-electron chi connectivity index (χ3n) is 4.31. The number of aromatic nitrogens is 2. The number of nitrogens with zero attached hydrogens (tertiary/aromatic N) is 2. The predicted octanol–water partition coefficient (Wildman–Crippen LogP) is 3.34. The average molecular weight is 385 g/mol. The minimum absolute atomic E-state index is 0.0295. The third kappa shape index (κ3) is 4.68. The second-order valence-corrected chi connectivity index (χ2v) is 7.15. The van der Waals surface area contributed by atoms with Crippen LogP contribution in [0.2, 0.25) is 0 Å². The minimum atomic E-state index is -0.398. The Morgan fingerprint density at radius 1 is 1.26 bits per heavy atom. The number of amides is 1. The van der Waals surface area contributed by atoms with Gasteiger partial charge < -0.3 is 19.4 Å². The molecule has 0 aliphatic carbocycles. The van der Waals surface area contributed by atoms with Gasteiger partial charge in [-0.25, -0.2) is 4.98 Å². The fourth-order valence-electron chi connectivity index (χ4n) is 2.87. The van der Waals surface area contributed by atoms with Crippen molar-refractivity contribution < 1.29 is 14.3 Å². The largest absolute Gasteiger partial charge is 0.497 e. The summed E-state index contributed by atoms with van der Waals surface area (Å²) in [5, 5.41) is 5.13. The van der Waals surface area contributed by atoms with E-state index in [0.717, 1.165) is 17.8 Å². The van der Waals surface area contributed by atoms with Crippen molar-refractivity contribution in [3.63, 3.8) is 0 Å². The van der Waals surface area contributed by atoms with Crippen molar-refractivity contribution >= 4 is 17.2 Å². The van der Waals surface area contributed by atoms with Gasteiger partial charge in [-0.05, 0) is 35.6 Å². The van der Waals surface area contributed by atoms with Crippen LogP contribution in [0.25, 0.3) is 0 Å². The molecule has 6 nitrogen and oxygen atoms in total. The molecule has 0 bridgehead atoms. The van der Waals surface area contributed by atoms with E-state index in [1.807, 2.05) is 47.5 Å². The van der Waals surface area contributed by atoms with Crippen LogP contribution in [0.4, 0.5) is 0 Å². The van der Waals surface area contributed by atoms with Gasteiger partial charge in [0.2, 0.25) is 5.91 Å². The van der Waals surface area contributed by atoms with Crippen LogP contribution < -0.4 is 14.8 Å². The summed E-state index contributed by atoms with van der Waals surface area (Å²) in [6.45, 7) is 0. The molecule has 0 spiro atoms. The van der Waals surface area contributed by atoms with Crippen LogP contribution in [-0.4, -0.2) is 29.7 Å². The number of hydrogen-bond donors (Lipinski definition) is 1. The molecule has 1 aromatic carbocycles. The summed E-state index contributed by atoms with van der Waals surface area (Å²) in [7, 11) is 5.12. The molecule has 3 aromatic rings. The third-order valence-corrected chi connectivity index (χ3v) is 5.24. The van der Waals surface area contributed by atoms with Gasteiger partial charge in [0.05, 0.1) is 14.2 Å². The molecule has 7 heteroatoms. The first-order chi connectivity index (χ1) is 13.1. The van der Waals surface area contributed by atoms with Crippen LogP contribution in [-0.2, 0) is 18.3 Å². The van der Waals surface area contributed by atoms with Gasteiger partial charge in [0.1, 0.15) is 23.4 Å². The van der Waals surface area contributed by atoms with Crippen molar-refractivity contribution in [1.82, 2.24) is 14.9 Å². The van der Waals surface area contributed by atoms with Crippen molar-refractivity contribution in [3.05, 3.63) is 64.4 Å². The first kappa shape index (κ1) is 19.0. The van der Waals surface area contributed by atoms with E-state index >= 15 is 0 Å². The van der Waals surface area contributed by atoms with Crippen LogP contribution in [0.15, 0.2) is 48.1 Å². The molecule has 1 amide bonds. The van der Waals surface area contributed by atoms with Crippen molar-refractivity contribution in [2.75, 3.05) is 14.2 Å². The highest BCUT2D eigenvalue weighted by molar-refractivity contribution is 7.09. The molecule has 0 aliphatic rings. The summed E-state index contributed by atoms with van der Waals surface area (Å²) in [6.07, 6.45) is 4.72. The fraction of sp³-hybridized carbons (Fsp3) is 0.300. The molecule has 142 valence electrons. The molecular weight excluding hydrogens is 362 g/mol. The number of ether oxygens (including phenoxy) is 2. The fourth-order valence-corrected chi connectivity index (χ4v) is 3.58. The zero-order valence-corrected chi connectivity index (χ0v) is 16.5. The van der Waals surface area contributed by atoms with E-state index in [2.05, 4.69) is 10.3 Å². The smallest absolute Gasteiger partial charge is 0.221 e. The van der Waals surface area contributed by atoms with Gasteiger partial charge in [-0.1, -0.05) is 6.07 Å². The van der Waals surface area contributed by atoms with Gasteiger partial charge >= 0.3 is 0 Å². The molecule has 2 aromatic heterocycles. The van der Waals surface area contributed by atoms with E-state index in [0.29, 0.717) is 17.9 Å². The lowest BCUT2D eigenvalue weighted by Gasteiger charge is -2.20. The standard InChI is InChI=1S/C20H23N3O3S/c1-23-9-8-21-20(23)19(14-11-15(25-2)13-16(12-14)26-3)22-18(24)7-6-17-5-4-10-27-17/h4-5,8-13,19H,6-7H2,1-3H3,(H,22,24). The lowest BCUT2D eigenvalue weighted by molar-refractivity contribution is -0.121. The maximum Gasteiger partial charge on any atom is 0.221 e. The first-order valence-electron chi connectivity index (χ1n) is 8.62. The molecule has 0 fully saturated rings. The number of hydrogen-bond acceptors (Lipinski definition) is 5. The number of nitrogens with one attached hydrogen (secondary N) is 1. The normalized spacial score (nSPS) is 11.8. The molecule has 1 N–H and O–H groups in total. The van der Waals surface area contributed by atoms with Gasteiger partial charge in [0, 0.05) is 36.8 Å². The minimum Gasteiger partial charge on any atom is -0.497 e. The second kappa shape index (κ2) is 8.73. The number of imidazole rings is 1. The Balaban J connectivity index is 1.86. The number of carbonyl (C=O) groups is 1. The van der Waals surface area contributed by atoms with E-state index in [9.17, 15) is 4.79 Å². The van der Waals surface area contributed by atoms with E-state index in [4.69, 9.17) is 9.47 Å². The molecule has 1 unspecified atom stereocenters. The predicted molar refractivity (Wildman–Crippen MR) is 105 cm³/mol. The number of benzene rings is 1. The Hall–Kier alpha value is -2.80. The molecule has 1 atom stereocenters. The molecule has 0 aliphatic heterocycles. The number of methoxy groups -OCH3 is 2. The summed E-state index contributed by atoms with van der Waals surface area (Å²) in [4.78, 5) is 18.3. The molecular formula is C20H23N3O3S. The lowest BCUT2D eigenvalue weighted by atomic mass is 10.0. The number of carbonyl (C=O) groups excluding carboxylic acids is 1. The van der Waals surface area contributed by atoms with E-state index in [-0.39, 0.29) is 5.91 Å². The van der Waals surface area contributed by atoms with Crippen LogP contribution in [0, 0.1) is 0 Å². The number of rotatable bonds is 8. The van der Waals surface area contributed by atoms with Gasteiger partial charge in [-0.15, -0.1) is 11.3 Å². The van der Waals surface area contributed by atoms with Crippen LogP contribution in [0.3, 0.4) is 0 Å². The Morgan fingerprint density at radius 3 is 2.56 bits per heavy atom. The summed E-state index contributed by atoms with van der Waals surface area (Å²) in [6, 6.07) is 9.23. The van der Waals surface area contributed by atoms with Gasteiger partial charge in [-0.2, -0.15) is 0 Å². The molecule has 2 heterocycles. The molecule has 3 rings (SSSR count). The van der Waals surface area contributed by atoms with Gasteiger partial charge in [0.25, 0.3) is 0 Å². The molecule has 0 saturated carbocycles. The maximum atomic E-state index is 12.6. The Bertz CT molecular complexity index is 868.